The van der Waals surface area contributed by atoms with E-state index in [1.54, 1.807) is 4.90 Å². The second-order valence-electron chi connectivity index (χ2n) is 7.56. The standard InChI is InChI=1S/C19H30N2O3/c1-15-12-21(18(23)24-19(2,3)4)17(10-11-22)14-20(15)13-16-8-6-5-7-9-16/h5-9,15,17,22H,10-14H2,1-4H3/t15-,17+/m0/s1. The third-order valence-corrected chi connectivity index (χ3v) is 4.29. The molecule has 1 N–H and O–H groups in total. The van der Waals surface area contributed by atoms with E-state index in [0.717, 1.165) is 13.1 Å². The summed E-state index contributed by atoms with van der Waals surface area (Å²) in [5.41, 5.74) is 0.753. The molecule has 0 bridgehead atoms. The Balaban J connectivity index is 2.07. The fourth-order valence-corrected chi connectivity index (χ4v) is 3.08. The molecule has 1 aromatic carbocycles. The Labute approximate surface area is 145 Å². The van der Waals surface area contributed by atoms with Crippen LogP contribution in [0.3, 0.4) is 0 Å². The number of benzene rings is 1. The number of carbonyl (C=O) groups excluding carboxylic acids is 1. The number of aliphatic hydroxyl groups is 1. The van der Waals surface area contributed by atoms with Crippen LogP contribution in [0, 0.1) is 0 Å². The smallest absolute Gasteiger partial charge is 0.410 e. The summed E-state index contributed by atoms with van der Waals surface area (Å²) in [6.45, 7) is 10.0. The zero-order valence-electron chi connectivity index (χ0n) is 15.2. The lowest BCUT2D eigenvalue weighted by Gasteiger charge is -2.45. The molecule has 1 amide bonds. The van der Waals surface area contributed by atoms with Gasteiger partial charge >= 0.3 is 6.09 Å². The molecule has 1 aromatic rings. The topological polar surface area (TPSA) is 53.0 Å². The van der Waals surface area contributed by atoms with Crippen LogP contribution in [0.15, 0.2) is 30.3 Å². The summed E-state index contributed by atoms with van der Waals surface area (Å²) in [7, 11) is 0. The molecule has 0 unspecified atom stereocenters. The average Bonchev–Trinajstić information content (AvgIpc) is 2.50. The van der Waals surface area contributed by atoms with Gasteiger partial charge in [0.15, 0.2) is 0 Å². The first kappa shape index (κ1) is 18.7. The third kappa shape index (κ3) is 5.21. The molecule has 0 spiro atoms. The largest absolute Gasteiger partial charge is 0.444 e. The van der Waals surface area contributed by atoms with Crippen molar-refractivity contribution in [3.63, 3.8) is 0 Å². The number of piperazine rings is 1. The Kier molecular flexibility index (Phi) is 6.24. The average molecular weight is 334 g/mol. The maximum absolute atomic E-state index is 12.5. The molecule has 1 fully saturated rings. The quantitative estimate of drug-likeness (QED) is 0.920. The molecule has 0 saturated carbocycles. The molecule has 0 aliphatic carbocycles. The third-order valence-electron chi connectivity index (χ3n) is 4.29. The highest BCUT2D eigenvalue weighted by Gasteiger charge is 2.36. The van der Waals surface area contributed by atoms with Crippen molar-refractivity contribution < 1.29 is 14.6 Å². The maximum Gasteiger partial charge on any atom is 0.410 e. The lowest BCUT2D eigenvalue weighted by atomic mass is 10.0. The van der Waals surface area contributed by atoms with Crippen molar-refractivity contribution in [3.05, 3.63) is 35.9 Å². The number of hydrogen-bond donors (Lipinski definition) is 1. The zero-order valence-corrected chi connectivity index (χ0v) is 15.2. The van der Waals surface area contributed by atoms with Crippen LogP contribution in [0.25, 0.3) is 0 Å². The normalized spacial score (nSPS) is 22.5. The molecule has 5 heteroatoms. The minimum atomic E-state index is -0.509. The fraction of sp³-hybridized carbons (Fsp3) is 0.632. The molecule has 1 saturated heterocycles. The molecule has 134 valence electrons. The molecular formula is C19H30N2O3. The van der Waals surface area contributed by atoms with Gasteiger partial charge < -0.3 is 14.7 Å². The van der Waals surface area contributed by atoms with E-state index in [1.807, 2.05) is 39.0 Å². The summed E-state index contributed by atoms with van der Waals surface area (Å²) in [5.74, 6) is 0. The van der Waals surface area contributed by atoms with Gasteiger partial charge in [0, 0.05) is 32.3 Å². The van der Waals surface area contributed by atoms with Gasteiger partial charge in [-0.15, -0.1) is 0 Å². The number of rotatable bonds is 4. The van der Waals surface area contributed by atoms with Gasteiger partial charge in [-0.05, 0) is 39.7 Å². The van der Waals surface area contributed by atoms with Gasteiger partial charge in [0.2, 0.25) is 0 Å². The van der Waals surface area contributed by atoms with E-state index < -0.39 is 5.60 Å². The Morgan fingerprint density at radius 1 is 1.25 bits per heavy atom. The minimum Gasteiger partial charge on any atom is -0.444 e. The first-order chi connectivity index (χ1) is 11.3. The summed E-state index contributed by atoms with van der Waals surface area (Å²) in [6, 6.07) is 10.6. The first-order valence-electron chi connectivity index (χ1n) is 8.68. The van der Waals surface area contributed by atoms with Gasteiger partial charge in [0.1, 0.15) is 5.60 Å². The predicted molar refractivity (Wildman–Crippen MR) is 94.7 cm³/mol. The number of nitrogens with zero attached hydrogens (tertiary/aromatic N) is 2. The molecular weight excluding hydrogens is 304 g/mol. The summed E-state index contributed by atoms with van der Waals surface area (Å²) >= 11 is 0. The van der Waals surface area contributed by atoms with Crippen LogP contribution in [0.2, 0.25) is 0 Å². The van der Waals surface area contributed by atoms with Crippen LogP contribution < -0.4 is 0 Å². The highest BCUT2D eigenvalue weighted by molar-refractivity contribution is 5.68. The molecule has 1 aliphatic rings. The SMILES string of the molecule is C[C@H]1CN(C(=O)OC(C)(C)C)[C@H](CCO)CN1Cc1ccccc1. The van der Waals surface area contributed by atoms with E-state index in [1.165, 1.54) is 5.56 Å². The van der Waals surface area contributed by atoms with Crippen LogP contribution in [0.1, 0.15) is 39.7 Å². The molecule has 2 atom stereocenters. The fourth-order valence-electron chi connectivity index (χ4n) is 3.08. The zero-order chi connectivity index (χ0) is 17.7. The van der Waals surface area contributed by atoms with Gasteiger partial charge in [-0.2, -0.15) is 0 Å². The second kappa shape index (κ2) is 7.99. The maximum atomic E-state index is 12.5. The monoisotopic (exact) mass is 334 g/mol. The van der Waals surface area contributed by atoms with Crippen LogP contribution in [-0.4, -0.2) is 58.4 Å². The first-order valence-corrected chi connectivity index (χ1v) is 8.68. The van der Waals surface area contributed by atoms with Crippen LogP contribution in [-0.2, 0) is 11.3 Å². The summed E-state index contributed by atoms with van der Waals surface area (Å²) in [5, 5.41) is 9.40. The Morgan fingerprint density at radius 3 is 2.50 bits per heavy atom. The molecule has 24 heavy (non-hydrogen) atoms. The lowest BCUT2D eigenvalue weighted by Crippen LogP contribution is -2.59. The minimum absolute atomic E-state index is 0.0234. The number of amides is 1. The van der Waals surface area contributed by atoms with E-state index in [2.05, 4.69) is 24.0 Å². The molecule has 0 aromatic heterocycles. The van der Waals surface area contributed by atoms with Crippen LogP contribution >= 0.6 is 0 Å². The Hall–Kier alpha value is -1.59. The highest BCUT2D eigenvalue weighted by atomic mass is 16.6. The van der Waals surface area contributed by atoms with E-state index in [4.69, 9.17) is 4.74 Å². The van der Waals surface area contributed by atoms with E-state index in [0.29, 0.717) is 13.0 Å². The number of hydrogen-bond acceptors (Lipinski definition) is 4. The Bertz CT molecular complexity index is 527. The van der Waals surface area contributed by atoms with E-state index >= 15 is 0 Å². The number of aliphatic hydroxyl groups excluding tert-OH is 1. The Morgan fingerprint density at radius 2 is 1.92 bits per heavy atom. The van der Waals surface area contributed by atoms with Crippen molar-refractivity contribution in [2.75, 3.05) is 19.7 Å². The van der Waals surface area contributed by atoms with Crippen LogP contribution in [0.4, 0.5) is 4.79 Å². The molecule has 0 radical (unpaired) electrons. The van der Waals surface area contributed by atoms with Crippen molar-refractivity contribution in [2.24, 2.45) is 0 Å². The second-order valence-corrected chi connectivity index (χ2v) is 7.56. The van der Waals surface area contributed by atoms with Crippen molar-refractivity contribution in [1.82, 2.24) is 9.80 Å². The van der Waals surface area contributed by atoms with Gasteiger partial charge in [0.25, 0.3) is 0 Å². The molecule has 1 heterocycles. The van der Waals surface area contributed by atoms with Crippen molar-refractivity contribution in [2.45, 2.75) is 58.3 Å². The molecule has 1 aliphatic heterocycles. The van der Waals surface area contributed by atoms with E-state index in [-0.39, 0.29) is 24.8 Å². The van der Waals surface area contributed by atoms with Gasteiger partial charge in [-0.1, -0.05) is 30.3 Å². The van der Waals surface area contributed by atoms with E-state index in [9.17, 15) is 9.90 Å². The molecule has 2 rings (SSSR count). The van der Waals surface area contributed by atoms with Gasteiger partial charge in [-0.3, -0.25) is 4.90 Å². The van der Waals surface area contributed by atoms with Crippen molar-refractivity contribution in [3.8, 4) is 0 Å². The molecule has 5 nitrogen and oxygen atoms in total. The van der Waals surface area contributed by atoms with Gasteiger partial charge in [-0.25, -0.2) is 4.79 Å². The van der Waals surface area contributed by atoms with Crippen molar-refractivity contribution in [1.29, 1.82) is 0 Å². The van der Waals surface area contributed by atoms with Crippen LogP contribution in [0.5, 0.6) is 0 Å². The summed E-state index contributed by atoms with van der Waals surface area (Å²) in [6.07, 6.45) is 0.282. The van der Waals surface area contributed by atoms with Gasteiger partial charge in [0.05, 0.1) is 6.04 Å². The number of ether oxygens (including phenoxy) is 1. The summed E-state index contributed by atoms with van der Waals surface area (Å²) < 4.78 is 5.54. The lowest BCUT2D eigenvalue weighted by molar-refractivity contribution is -0.0192. The predicted octanol–water partition coefficient (Wildman–Crippen LogP) is 2.88. The number of carbonyl (C=O) groups is 1. The summed E-state index contributed by atoms with van der Waals surface area (Å²) in [4.78, 5) is 16.7. The highest BCUT2D eigenvalue weighted by Crippen LogP contribution is 2.22. The van der Waals surface area contributed by atoms with Crippen molar-refractivity contribution >= 4 is 6.09 Å².